The Morgan fingerprint density at radius 2 is 2.06 bits per heavy atom. The highest BCUT2D eigenvalue weighted by atomic mass is 32.1. The Hall–Kier alpha value is -3.94. The van der Waals surface area contributed by atoms with Crippen LogP contribution in [0.15, 0.2) is 47.4 Å². The second kappa shape index (κ2) is 7.88. The smallest absolute Gasteiger partial charge is 0.272 e. The fourth-order valence-corrected chi connectivity index (χ4v) is 5.35. The lowest BCUT2D eigenvalue weighted by atomic mass is 9.96. The Balaban J connectivity index is 1.85. The van der Waals surface area contributed by atoms with Gasteiger partial charge in [0.05, 0.1) is 33.4 Å². The second-order valence-electron chi connectivity index (χ2n) is 7.44. The number of thiophene rings is 1. The Labute approximate surface area is 189 Å². The van der Waals surface area contributed by atoms with E-state index < -0.39 is 17.5 Å². The van der Waals surface area contributed by atoms with Gasteiger partial charge in [0.15, 0.2) is 0 Å². The monoisotopic (exact) mass is 462 g/mol. The number of nitrogens with two attached hydrogens (primary N) is 1. The molecule has 0 aliphatic heterocycles. The van der Waals surface area contributed by atoms with E-state index in [2.05, 4.69) is 21.4 Å². The van der Waals surface area contributed by atoms with E-state index in [1.165, 1.54) is 17.4 Å². The molecule has 7 nitrogen and oxygen atoms in total. The van der Waals surface area contributed by atoms with Crippen molar-refractivity contribution in [2.75, 3.05) is 0 Å². The number of benzene rings is 2. The predicted octanol–water partition coefficient (Wildman–Crippen LogP) is 4.47. The first-order valence-electron chi connectivity index (χ1n) is 9.92. The van der Waals surface area contributed by atoms with Crippen LogP contribution in [0.4, 0.5) is 8.78 Å². The fraction of sp³-hybridized carbons (Fsp3) is 0.130. The Kier molecular flexibility index (Phi) is 5.00. The van der Waals surface area contributed by atoms with Gasteiger partial charge in [0.25, 0.3) is 12.0 Å². The van der Waals surface area contributed by atoms with Crippen LogP contribution in [0.3, 0.4) is 0 Å². The Morgan fingerprint density at radius 1 is 1.27 bits per heavy atom. The lowest BCUT2D eigenvalue weighted by Gasteiger charge is -2.12. The van der Waals surface area contributed by atoms with Crippen molar-refractivity contribution in [2.24, 2.45) is 12.8 Å². The molecule has 3 heterocycles. The van der Waals surface area contributed by atoms with Crippen LogP contribution >= 0.6 is 11.3 Å². The molecule has 5 aromatic rings. The summed E-state index contributed by atoms with van der Waals surface area (Å²) in [5.41, 5.74) is 7.07. The standard InChI is InChI=1S/C23H16F2N6OS/c1-31-20(21-15(8-26)12-4-2-3-5-18(12)33-21)16(10-28-31)11-6-13-17(9-27)29-30-23(32)19(13)14(7-11)22(24)25/h2-7,10,22H,9,27H2,1H3,(H,30,32). The minimum absolute atomic E-state index is 0.0335. The van der Waals surface area contributed by atoms with Crippen LogP contribution in [0, 0.1) is 11.3 Å². The molecule has 0 radical (unpaired) electrons. The predicted molar refractivity (Wildman–Crippen MR) is 123 cm³/mol. The third kappa shape index (κ3) is 3.21. The van der Waals surface area contributed by atoms with E-state index in [-0.39, 0.29) is 17.3 Å². The molecule has 0 atom stereocenters. The number of nitrogens with one attached hydrogen (secondary N) is 1. The fourth-order valence-electron chi connectivity index (χ4n) is 4.10. The number of rotatable bonds is 4. The minimum Gasteiger partial charge on any atom is -0.325 e. The quantitative estimate of drug-likeness (QED) is 0.409. The summed E-state index contributed by atoms with van der Waals surface area (Å²) in [6.07, 6.45) is -1.32. The van der Waals surface area contributed by atoms with Gasteiger partial charge < -0.3 is 5.73 Å². The lowest BCUT2D eigenvalue weighted by molar-refractivity contribution is 0.153. The van der Waals surface area contributed by atoms with E-state index in [0.29, 0.717) is 33.0 Å². The topological polar surface area (TPSA) is 113 Å². The molecule has 3 N–H and O–H groups in total. The van der Waals surface area contributed by atoms with E-state index in [1.54, 1.807) is 24.0 Å². The summed E-state index contributed by atoms with van der Waals surface area (Å²) in [5.74, 6) is 0. The van der Waals surface area contributed by atoms with E-state index in [9.17, 15) is 18.8 Å². The van der Waals surface area contributed by atoms with Gasteiger partial charge in [-0.05, 0) is 23.8 Å². The first-order valence-corrected chi connectivity index (χ1v) is 10.7. The number of nitrogens with zero attached hydrogens (tertiary/aromatic N) is 4. The molecule has 0 aliphatic carbocycles. The molecule has 164 valence electrons. The van der Waals surface area contributed by atoms with Gasteiger partial charge in [0, 0.05) is 40.2 Å². The molecule has 0 saturated carbocycles. The van der Waals surface area contributed by atoms with Crippen LogP contribution in [0.2, 0.25) is 0 Å². The maximum Gasteiger partial charge on any atom is 0.272 e. The SMILES string of the molecule is Cn1ncc(-c2cc(C(F)F)c3c(=O)[nH]nc(CN)c3c2)c1-c1sc2ccccc2c1C#N. The zero-order valence-corrected chi connectivity index (χ0v) is 18.1. The number of aromatic nitrogens is 4. The van der Waals surface area contributed by atoms with Gasteiger partial charge >= 0.3 is 0 Å². The number of fused-ring (bicyclic) bond motifs is 2. The highest BCUT2D eigenvalue weighted by Crippen LogP contribution is 2.43. The van der Waals surface area contributed by atoms with Gasteiger partial charge in [-0.25, -0.2) is 13.9 Å². The summed E-state index contributed by atoms with van der Waals surface area (Å²) in [6, 6.07) is 12.8. The number of halogens is 2. The molecular formula is C23H16F2N6OS. The molecule has 0 bridgehead atoms. The van der Waals surface area contributed by atoms with Crippen molar-refractivity contribution in [3.05, 3.63) is 69.8 Å². The van der Waals surface area contributed by atoms with Gasteiger partial charge in [-0.15, -0.1) is 11.3 Å². The molecule has 0 amide bonds. The van der Waals surface area contributed by atoms with E-state index in [0.717, 1.165) is 10.1 Å². The summed E-state index contributed by atoms with van der Waals surface area (Å²) < 4.78 is 30.6. The van der Waals surface area contributed by atoms with Crippen LogP contribution in [0.25, 0.3) is 42.6 Å². The van der Waals surface area contributed by atoms with Crippen molar-refractivity contribution < 1.29 is 8.78 Å². The van der Waals surface area contributed by atoms with Crippen LogP contribution in [0.1, 0.15) is 23.2 Å². The molecule has 33 heavy (non-hydrogen) atoms. The first kappa shape index (κ1) is 20.9. The summed E-state index contributed by atoms with van der Waals surface area (Å²) in [7, 11) is 1.73. The summed E-state index contributed by atoms with van der Waals surface area (Å²) in [6.45, 7) is -0.0335. The first-order chi connectivity index (χ1) is 15.9. The Morgan fingerprint density at radius 3 is 2.79 bits per heavy atom. The van der Waals surface area contributed by atoms with E-state index >= 15 is 0 Å². The number of H-pyrrole nitrogens is 1. The molecule has 5 rings (SSSR count). The maximum atomic E-state index is 14.0. The normalized spacial score (nSPS) is 11.5. The lowest BCUT2D eigenvalue weighted by Crippen LogP contribution is -2.15. The number of alkyl halides is 2. The van der Waals surface area contributed by atoms with Crippen LogP contribution in [0.5, 0.6) is 0 Å². The van der Waals surface area contributed by atoms with Crippen molar-refractivity contribution in [3.8, 4) is 27.8 Å². The van der Waals surface area contributed by atoms with Gasteiger partial charge in [-0.3, -0.25) is 9.48 Å². The molecule has 0 unspecified atom stereocenters. The molecular weight excluding hydrogens is 446 g/mol. The average molecular weight is 462 g/mol. The van der Waals surface area contributed by atoms with Crippen LogP contribution in [-0.4, -0.2) is 20.0 Å². The number of aryl methyl sites for hydroxylation is 1. The zero-order valence-electron chi connectivity index (χ0n) is 17.3. The zero-order chi connectivity index (χ0) is 23.3. The number of hydrogen-bond acceptors (Lipinski definition) is 6. The minimum atomic E-state index is -2.89. The maximum absolute atomic E-state index is 14.0. The average Bonchev–Trinajstić information content (AvgIpc) is 3.38. The third-order valence-corrected chi connectivity index (χ3v) is 6.78. The van der Waals surface area contributed by atoms with Gasteiger partial charge in [-0.2, -0.15) is 15.5 Å². The molecule has 0 saturated heterocycles. The Bertz CT molecular complexity index is 1640. The number of aromatic amines is 1. The largest absolute Gasteiger partial charge is 0.325 e. The number of nitriles is 1. The summed E-state index contributed by atoms with van der Waals surface area (Å²) >= 11 is 1.43. The third-order valence-electron chi connectivity index (χ3n) is 5.60. The van der Waals surface area contributed by atoms with Crippen LogP contribution < -0.4 is 11.3 Å². The van der Waals surface area contributed by atoms with Crippen molar-refractivity contribution >= 4 is 32.2 Å². The van der Waals surface area contributed by atoms with Crippen molar-refractivity contribution in [1.82, 2.24) is 20.0 Å². The summed E-state index contributed by atoms with van der Waals surface area (Å²) in [5, 5.41) is 21.4. The molecule has 3 aromatic heterocycles. The second-order valence-corrected chi connectivity index (χ2v) is 8.49. The van der Waals surface area contributed by atoms with Gasteiger partial charge in [0.2, 0.25) is 0 Å². The van der Waals surface area contributed by atoms with Crippen molar-refractivity contribution in [2.45, 2.75) is 13.0 Å². The molecule has 2 aromatic carbocycles. The highest BCUT2D eigenvalue weighted by Gasteiger charge is 2.24. The molecule has 0 fully saturated rings. The van der Waals surface area contributed by atoms with Crippen molar-refractivity contribution in [1.29, 1.82) is 5.26 Å². The number of hydrogen-bond donors (Lipinski definition) is 2. The van der Waals surface area contributed by atoms with E-state index in [4.69, 9.17) is 5.73 Å². The van der Waals surface area contributed by atoms with Gasteiger partial charge in [0.1, 0.15) is 6.07 Å². The van der Waals surface area contributed by atoms with Gasteiger partial charge in [-0.1, -0.05) is 18.2 Å². The van der Waals surface area contributed by atoms with E-state index in [1.807, 2.05) is 24.3 Å². The summed E-state index contributed by atoms with van der Waals surface area (Å²) in [4.78, 5) is 13.0. The molecule has 0 spiro atoms. The molecule has 10 heteroatoms. The highest BCUT2D eigenvalue weighted by molar-refractivity contribution is 7.22. The van der Waals surface area contributed by atoms with Crippen molar-refractivity contribution in [3.63, 3.8) is 0 Å². The van der Waals surface area contributed by atoms with Crippen LogP contribution in [-0.2, 0) is 13.6 Å². The molecule has 0 aliphatic rings.